The summed E-state index contributed by atoms with van der Waals surface area (Å²) in [5.41, 5.74) is 9.66. The topological polar surface area (TPSA) is 99.6 Å². The van der Waals surface area contributed by atoms with Crippen LogP contribution in [0.1, 0.15) is 11.1 Å². The Hall–Kier alpha value is -1.79. The Bertz CT molecular complexity index is 435. The van der Waals surface area contributed by atoms with Gasteiger partial charge in [0.05, 0.1) is 20.3 Å². The molecule has 5 N–H and O–H groups in total. The van der Waals surface area contributed by atoms with Crippen molar-refractivity contribution in [1.29, 1.82) is 0 Å². The number of hydrogen-bond donors (Lipinski definition) is 3. The average molecular weight is 253 g/mol. The lowest BCUT2D eigenvalue weighted by molar-refractivity contribution is -0.122. The number of hydrogen-bond acceptors (Lipinski definition) is 5. The predicted molar refractivity (Wildman–Crippen MR) is 68.3 cm³/mol. The first-order chi connectivity index (χ1) is 8.53. The minimum absolute atomic E-state index is 0.384. The summed E-state index contributed by atoms with van der Waals surface area (Å²) < 4.78 is 10.4. The highest BCUT2D eigenvalue weighted by Gasteiger charge is 2.16. The lowest BCUT2D eigenvalue weighted by Crippen LogP contribution is -2.45. The van der Waals surface area contributed by atoms with Gasteiger partial charge in [0, 0.05) is 0 Å². The molecule has 0 aromatic heterocycles. The number of rotatable bonds is 5. The summed E-state index contributed by atoms with van der Waals surface area (Å²) in [6.45, 7) is 1.92. The molecule has 1 aromatic rings. The molecule has 100 valence electrons. The molecule has 0 spiro atoms. The van der Waals surface area contributed by atoms with Crippen molar-refractivity contribution in [2.45, 2.75) is 19.4 Å². The van der Waals surface area contributed by atoms with Crippen LogP contribution >= 0.6 is 0 Å². The molecular weight excluding hydrogens is 234 g/mol. The van der Waals surface area contributed by atoms with Crippen LogP contribution in [0, 0.1) is 6.92 Å². The molecule has 0 aliphatic rings. The van der Waals surface area contributed by atoms with Crippen molar-refractivity contribution in [3.63, 3.8) is 0 Å². The zero-order chi connectivity index (χ0) is 13.7. The Morgan fingerprint density at radius 2 is 1.89 bits per heavy atom. The van der Waals surface area contributed by atoms with E-state index in [0.717, 1.165) is 11.1 Å². The molecule has 6 heteroatoms. The van der Waals surface area contributed by atoms with Gasteiger partial charge in [-0.1, -0.05) is 0 Å². The molecule has 6 nitrogen and oxygen atoms in total. The first kappa shape index (κ1) is 14.3. The first-order valence-corrected chi connectivity index (χ1v) is 5.51. The smallest absolute Gasteiger partial charge is 0.251 e. The molecule has 1 aromatic carbocycles. The zero-order valence-electron chi connectivity index (χ0n) is 10.8. The maximum atomic E-state index is 11.3. The van der Waals surface area contributed by atoms with E-state index in [1.165, 1.54) is 0 Å². The van der Waals surface area contributed by atoms with Crippen LogP contribution in [-0.4, -0.2) is 26.2 Å². The molecule has 1 unspecified atom stereocenters. The maximum Gasteiger partial charge on any atom is 0.251 e. The van der Waals surface area contributed by atoms with Gasteiger partial charge in [-0.3, -0.25) is 10.2 Å². The lowest BCUT2D eigenvalue weighted by Gasteiger charge is -2.15. The molecule has 1 amide bonds. The van der Waals surface area contributed by atoms with Gasteiger partial charge >= 0.3 is 0 Å². The zero-order valence-corrected chi connectivity index (χ0v) is 10.8. The number of benzene rings is 1. The average Bonchev–Trinajstić information content (AvgIpc) is 2.39. The SMILES string of the molecule is COc1cc(C)c(CC(N)C(=O)NN)cc1OC. The molecule has 0 fully saturated rings. The van der Waals surface area contributed by atoms with E-state index in [4.69, 9.17) is 21.1 Å². The maximum absolute atomic E-state index is 11.3. The van der Waals surface area contributed by atoms with Gasteiger partial charge in [-0.15, -0.1) is 0 Å². The Balaban J connectivity index is 2.99. The van der Waals surface area contributed by atoms with Gasteiger partial charge in [0.1, 0.15) is 0 Å². The molecular formula is C12H19N3O3. The largest absolute Gasteiger partial charge is 0.493 e. The molecule has 18 heavy (non-hydrogen) atoms. The number of nitrogens with two attached hydrogens (primary N) is 2. The number of amides is 1. The quantitative estimate of drug-likeness (QED) is 0.386. The van der Waals surface area contributed by atoms with Crippen molar-refractivity contribution >= 4 is 5.91 Å². The highest BCUT2D eigenvalue weighted by Crippen LogP contribution is 2.30. The number of nitrogens with one attached hydrogen (secondary N) is 1. The van der Waals surface area contributed by atoms with E-state index in [2.05, 4.69) is 0 Å². The highest BCUT2D eigenvalue weighted by molar-refractivity contribution is 5.81. The van der Waals surface area contributed by atoms with Gasteiger partial charge in [0.15, 0.2) is 11.5 Å². The summed E-state index contributed by atoms with van der Waals surface area (Å²) in [5.74, 6) is 5.90. The molecule has 0 heterocycles. The van der Waals surface area contributed by atoms with E-state index < -0.39 is 11.9 Å². The van der Waals surface area contributed by atoms with Gasteiger partial charge in [-0.05, 0) is 36.6 Å². The fourth-order valence-corrected chi connectivity index (χ4v) is 1.68. The third-order valence-electron chi connectivity index (χ3n) is 2.76. The van der Waals surface area contributed by atoms with E-state index in [9.17, 15) is 4.79 Å². The monoisotopic (exact) mass is 253 g/mol. The van der Waals surface area contributed by atoms with Crippen LogP contribution < -0.4 is 26.5 Å². The molecule has 0 bridgehead atoms. The summed E-state index contributed by atoms with van der Waals surface area (Å²) in [6, 6.07) is 2.98. The molecule has 0 aliphatic carbocycles. The second kappa shape index (κ2) is 6.23. The Labute approximate surface area is 106 Å². The van der Waals surface area contributed by atoms with Gasteiger partial charge in [0.2, 0.25) is 0 Å². The Morgan fingerprint density at radius 3 is 2.39 bits per heavy atom. The molecule has 0 saturated heterocycles. The third-order valence-corrected chi connectivity index (χ3v) is 2.76. The van der Waals surface area contributed by atoms with E-state index >= 15 is 0 Å². The predicted octanol–water partition coefficient (Wildman–Crippen LogP) is -0.128. The Morgan fingerprint density at radius 1 is 1.33 bits per heavy atom. The second-order valence-corrected chi connectivity index (χ2v) is 3.95. The van der Waals surface area contributed by atoms with Crippen molar-refractivity contribution in [3.8, 4) is 11.5 Å². The van der Waals surface area contributed by atoms with Gasteiger partial charge in [-0.2, -0.15) is 0 Å². The normalized spacial score (nSPS) is 11.8. The molecule has 0 aliphatic heterocycles. The van der Waals surface area contributed by atoms with Crippen molar-refractivity contribution < 1.29 is 14.3 Å². The Kier molecular flexibility index (Phi) is 4.94. The van der Waals surface area contributed by atoms with E-state index in [0.29, 0.717) is 17.9 Å². The minimum atomic E-state index is -0.688. The minimum Gasteiger partial charge on any atom is -0.493 e. The first-order valence-electron chi connectivity index (χ1n) is 5.51. The van der Waals surface area contributed by atoms with Crippen LogP contribution in [0.5, 0.6) is 11.5 Å². The molecule has 0 radical (unpaired) electrons. The fraction of sp³-hybridized carbons (Fsp3) is 0.417. The highest BCUT2D eigenvalue weighted by atomic mass is 16.5. The number of aryl methyl sites for hydroxylation is 1. The van der Waals surface area contributed by atoms with E-state index in [1.54, 1.807) is 14.2 Å². The van der Waals surface area contributed by atoms with Crippen molar-refractivity contribution in [3.05, 3.63) is 23.3 Å². The lowest BCUT2D eigenvalue weighted by atomic mass is 10.0. The molecule has 0 saturated carbocycles. The summed E-state index contributed by atoms with van der Waals surface area (Å²) in [6.07, 6.45) is 0.384. The third kappa shape index (κ3) is 3.12. The van der Waals surface area contributed by atoms with Gasteiger partial charge < -0.3 is 15.2 Å². The number of methoxy groups -OCH3 is 2. The molecule has 1 atom stereocenters. The summed E-state index contributed by atoms with van der Waals surface area (Å²) in [5, 5.41) is 0. The van der Waals surface area contributed by atoms with Crippen molar-refractivity contribution in [2.75, 3.05) is 14.2 Å². The second-order valence-electron chi connectivity index (χ2n) is 3.95. The summed E-state index contributed by atoms with van der Waals surface area (Å²) in [7, 11) is 3.13. The number of ether oxygens (including phenoxy) is 2. The van der Waals surface area contributed by atoms with Crippen LogP contribution in [-0.2, 0) is 11.2 Å². The van der Waals surface area contributed by atoms with Crippen LogP contribution in [0.15, 0.2) is 12.1 Å². The number of carbonyl (C=O) groups excluding carboxylic acids is 1. The van der Waals surface area contributed by atoms with E-state index in [1.807, 2.05) is 24.5 Å². The van der Waals surface area contributed by atoms with Crippen LogP contribution in [0.2, 0.25) is 0 Å². The van der Waals surface area contributed by atoms with Crippen LogP contribution in [0.3, 0.4) is 0 Å². The van der Waals surface area contributed by atoms with Gasteiger partial charge in [0.25, 0.3) is 5.91 Å². The number of hydrazine groups is 1. The van der Waals surface area contributed by atoms with Gasteiger partial charge in [-0.25, -0.2) is 5.84 Å². The van der Waals surface area contributed by atoms with Crippen molar-refractivity contribution in [2.24, 2.45) is 11.6 Å². The standard InChI is InChI=1S/C12H19N3O3/c1-7-4-10(17-2)11(18-3)6-8(7)5-9(13)12(16)15-14/h4,6,9H,5,13-14H2,1-3H3,(H,15,16). The summed E-state index contributed by atoms with van der Waals surface area (Å²) >= 11 is 0. The van der Waals surface area contributed by atoms with Crippen LogP contribution in [0.25, 0.3) is 0 Å². The van der Waals surface area contributed by atoms with E-state index in [-0.39, 0.29) is 0 Å². The number of carbonyl (C=O) groups is 1. The van der Waals surface area contributed by atoms with Crippen molar-refractivity contribution in [1.82, 2.24) is 5.43 Å². The van der Waals surface area contributed by atoms with Crippen LogP contribution in [0.4, 0.5) is 0 Å². The molecule has 1 rings (SSSR count). The summed E-state index contributed by atoms with van der Waals surface area (Å²) in [4.78, 5) is 11.3. The fourth-order valence-electron chi connectivity index (χ4n) is 1.68.